The van der Waals surface area contributed by atoms with Crippen LogP contribution in [0, 0.1) is 5.82 Å². The van der Waals surface area contributed by atoms with Crippen LogP contribution in [0.1, 0.15) is 41.0 Å². The summed E-state index contributed by atoms with van der Waals surface area (Å²) in [7, 11) is 0. The van der Waals surface area contributed by atoms with Crippen molar-refractivity contribution in [2.45, 2.75) is 25.8 Å². The number of hydrogen-bond acceptors (Lipinski definition) is 9. The van der Waals surface area contributed by atoms with E-state index in [0.717, 1.165) is 25.9 Å². The number of carbonyl (C=O) groups excluding carboxylic acids is 1. The Morgan fingerprint density at radius 2 is 2.13 bits per heavy atom. The van der Waals surface area contributed by atoms with Crippen LogP contribution < -0.4 is 11.2 Å². The lowest BCUT2D eigenvalue weighted by Gasteiger charge is -2.26. The van der Waals surface area contributed by atoms with Crippen molar-refractivity contribution in [3.63, 3.8) is 0 Å². The van der Waals surface area contributed by atoms with Crippen LogP contribution in [0.2, 0.25) is 0 Å². The lowest BCUT2D eigenvalue weighted by molar-refractivity contribution is 0.0947. The van der Waals surface area contributed by atoms with Crippen molar-refractivity contribution in [3.8, 4) is 5.82 Å². The minimum absolute atomic E-state index is 0.0378. The van der Waals surface area contributed by atoms with Crippen LogP contribution in [0.5, 0.6) is 0 Å². The number of hydrazone groups is 1. The highest BCUT2D eigenvalue weighted by Crippen LogP contribution is 2.19. The molecule has 0 unspecified atom stereocenters. The van der Waals surface area contributed by atoms with Crippen molar-refractivity contribution in [1.29, 1.82) is 0 Å². The maximum absolute atomic E-state index is 13.3. The molecule has 0 aliphatic carbocycles. The molecule has 1 saturated heterocycles. The van der Waals surface area contributed by atoms with E-state index in [0.29, 0.717) is 17.8 Å². The Balaban J connectivity index is 1.57. The number of aromatic nitrogens is 5. The second-order valence-corrected chi connectivity index (χ2v) is 6.86. The highest BCUT2D eigenvalue weighted by Gasteiger charge is 2.26. The normalized spacial score (nSPS) is 15.0. The molecule has 3 aromatic rings. The summed E-state index contributed by atoms with van der Waals surface area (Å²) in [6, 6.07) is 5.84. The molecule has 11 nitrogen and oxygen atoms in total. The van der Waals surface area contributed by atoms with Crippen molar-refractivity contribution < 1.29 is 13.8 Å². The van der Waals surface area contributed by atoms with Gasteiger partial charge in [-0.2, -0.15) is 9.78 Å². The first-order valence-corrected chi connectivity index (χ1v) is 9.46. The predicted octanol–water partition coefficient (Wildman–Crippen LogP) is 1.12. The fraction of sp³-hybridized carbons (Fsp3) is 0.333. The summed E-state index contributed by atoms with van der Waals surface area (Å²) < 4.78 is 19.3. The summed E-state index contributed by atoms with van der Waals surface area (Å²) in [5.41, 5.74) is 9.28. The number of hydrogen-bond donors (Lipinski definition) is 2. The number of nitrogens with zero attached hydrogens (tertiary/aromatic N) is 7. The van der Waals surface area contributed by atoms with Crippen molar-refractivity contribution in [3.05, 3.63) is 47.0 Å². The van der Waals surface area contributed by atoms with Crippen molar-refractivity contribution in [1.82, 2.24) is 35.6 Å². The zero-order valence-corrected chi connectivity index (χ0v) is 16.0. The molecule has 156 valence electrons. The number of amides is 1. The molecular formula is C18H20FN9O2. The van der Waals surface area contributed by atoms with Crippen LogP contribution in [0.4, 0.5) is 10.2 Å². The van der Waals surface area contributed by atoms with E-state index in [-0.39, 0.29) is 17.3 Å². The number of nitrogen functional groups attached to an aromatic ring is 1. The third kappa shape index (κ3) is 4.33. The molecular weight excluding hydrogens is 393 g/mol. The Morgan fingerprint density at radius 3 is 2.87 bits per heavy atom. The average Bonchev–Trinajstić information content (AvgIpc) is 3.34. The first-order valence-electron chi connectivity index (χ1n) is 9.46. The van der Waals surface area contributed by atoms with Gasteiger partial charge in [-0.05, 0) is 53.9 Å². The standard InChI is InChI=1S/C18H20FN9O2/c19-13-6-4-5-12(9-13)10-21-23-18(29)15-14(11-27-7-2-1-3-8-27)28(26-22-15)17-16(20)24-30-25-17/h4-6,9-10H,1-3,7-8,11H2,(H2,20,24)(H,23,29)/b21-10+. The maximum Gasteiger partial charge on any atom is 0.293 e. The molecule has 12 heteroatoms. The summed E-state index contributed by atoms with van der Waals surface area (Å²) in [5.74, 6) is -0.750. The Labute approximate surface area is 170 Å². The summed E-state index contributed by atoms with van der Waals surface area (Å²) >= 11 is 0. The number of rotatable bonds is 6. The fourth-order valence-electron chi connectivity index (χ4n) is 3.26. The van der Waals surface area contributed by atoms with E-state index in [2.05, 4.69) is 40.7 Å². The lowest BCUT2D eigenvalue weighted by atomic mass is 10.1. The van der Waals surface area contributed by atoms with E-state index in [1.165, 1.54) is 29.4 Å². The SMILES string of the molecule is Nc1nonc1-n1nnc(C(=O)N/N=C/c2cccc(F)c2)c1CN1CCCCC1. The van der Waals surface area contributed by atoms with Crippen LogP contribution in [0.25, 0.3) is 5.82 Å². The van der Waals surface area contributed by atoms with Crippen LogP contribution >= 0.6 is 0 Å². The molecule has 2 aromatic heterocycles. The molecule has 1 aliphatic rings. The van der Waals surface area contributed by atoms with Gasteiger partial charge in [0.15, 0.2) is 5.69 Å². The molecule has 0 atom stereocenters. The molecule has 0 spiro atoms. The maximum atomic E-state index is 13.3. The first kappa shape index (κ1) is 19.6. The summed E-state index contributed by atoms with van der Waals surface area (Å²) in [5, 5.41) is 19.2. The zero-order chi connectivity index (χ0) is 20.9. The topological polar surface area (TPSA) is 140 Å². The van der Waals surface area contributed by atoms with Crippen molar-refractivity contribution in [2.75, 3.05) is 18.8 Å². The van der Waals surface area contributed by atoms with E-state index in [4.69, 9.17) is 5.73 Å². The summed E-state index contributed by atoms with van der Waals surface area (Å²) in [4.78, 5) is 14.9. The van der Waals surface area contributed by atoms with E-state index in [1.54, 1.807) is 12.1 Å². The Kier molecular flexibility index (Phi) is 5.75. The Hall–Kier alpha value is -3.67. The number of likely N-dealkylation sites (tertiary alicyclic amines) is 1. The molecule has 1 amide bonds. The van der Waals surface area contributed by atoms with Gasteiger partial charge >= 0.3 is 0 Å². The number of piperidine rings is 1. The monoisotopic (exact) mass is 413 g/mol. The molecule has 1 aromatic carbocycles. The van der Waals surface area contributed by atoms with Crippen LogP contribution in [-0.4, -0.2) is 55.4 Å². The molecule has 0 bridgehead atoms. The number of nitrogens with one attached hydrogen (secondary N) is 1. The van der Waals surface area contributed by atoms with Gasteiger partial charge in [0.2, 0.25) is 11.6 Å². The molecule has 1 aliphatic heterocycles. The smallest absolute Gasteiger partial charge is 0.293 e. The van der Waals surface area contributed by atoms with Gasteiger partial charge < -0.3 is 5.73 Å². The van der Waals surface area contributed by atoms with E-state index in [1.807, 2.05) is 0 Å². The summed E-state index contributed by atoms with van der Waals surface area (Å²) in [6.45, 7) is 2.22. The molecule has 3 N–H and O–H groups in total. The van der Waals surface area contributed by atoms with Crippen LogP contribution in [0.15, 0.2) is 34.0 Å². The largest absolute Gasteiger partial charge is 0.378 e. The molecule has 30 heavy (non-hydrogen) atoms. The van der Waals surface area contributed by atoms with Gasteiger partial charge in [-0.15, -0.1) is 5.10 Å². The van der Waals surface area contributed by atoms with E-state index < -0.39 is 11.7 Å². The highest BCUT2D eigenvalue weighted by atomic mass is 19.1. The van der Waals surface area contributed by atoms with Gasteiger partial charge in [0.25, 0.3) is 5.91 Å². The Morgan fingerprint density at radius 1 is 1.30 bits per heavy atom. The first-order chi connectivity index (χ1) is 14.6. The van der Waals surface area contributed by atoms with Gasteiger partial charge in [0.1, 0.15) is 5.82 Å². The fourth-order valence-corrected chi connectivity index (χ4v) is 3.26. The molecule has 1 fully saturated rings. The number of halogens is 1. The molecule has 0 saturated carbocycles. The van der Waals surface area contributed by atoms with Crippen molar-refractivity contribution >= 4 is 17.9 Å². The predicted molar refractivity (Wildman–Crippen MR) is 104 cm³/mol. The van der Waals surface area contributed by atoms with Gasteiger partial charge in [0.05, 0.1) is 11.9 Å². The van der Waals surface area contributed by atoms with E-state index >= 15 is 0 Å². The Bertz CT molecular complexity index is 1060. The lowest BCUT2D eigenvalue weighted by Crippen LogP contribution is -2.31. The summed E-state index contributed by atoms with van der Waals surface area (Å²) in [6.07, 6.45) is 4.68. The van der Waals surface area contributed by atoms with Gasteiger partial charge in [0, 0.05) is 6.54 Å². The third-order valence-corrected chi connectivity index (χ3v) is 4.72. The molecule has 4 rings (SSSR count). The van der Waals surface area contributed by atoms with Gasteiger partial charge in [-0.1, -0.05) is 23.8 Å². The zero-order valence-electron chi connectivity index (χ0n) is 16.0. The second-order valence-electron chi connectivity index (χ2n) is 6.86. The number of carbonyl (C=O) groups is 1. The van der Waals surface area contributed by atoms with Crippen molar-refractivity contribution in [2.24, 2.45) is 5.10 Å². The van der Waals surface area contributed by atoms with Gasteiger partial charge in [-0.3, -0.25) is 9.69 Å². The van der Waals surface area contributed by atoms with Crippen LogP contribution in [-0.2, 0) is 6.54 Å². The minimum atomic E-state index is -0.559. The minimum Gasteiger partial charge on any atom is -0.378 e. The second kappa shape index (κ2) is 8.78. The van der Waals surface area contributed by atoms with Crippen LogP contribution in [0.3, 0.4) is 0 Å². The quantitative estimate of drug-likeness (QED) is 0.452. The number of benzene rings is 1. The number of anilines is 1. The molecule has 3 heterocycles. The third-order valence-electron chi connectivity index (χ3n) is 4.72. The number of nitrogens with two attached hydrogens (primary N) is 1. The highest BCUT2D eigenvalue weighted by molar-refractivity contribution is 5.94. The average molecular weight is 413 g/mol. The molecule has 0 radical (unpaired) electrons. The van der Waals surface area contributed by atoms with Gasteiger partial charge in [-0.25, -0.2) is 14.4 Å². The van der Waals surface area contributed by atoms with E-state index in [9.17, 15) is 9.18 Å².